The van der Waals surface area contributed by atoms with E-state index in [1.54, 1.807) is 6.07 Å². The molecule has 5 heteroatoms. The van der Waals surface area contributed by atoms with E-state index in [-0.39, 0.29) is 0 Å². The molecule has 1 atom stereocenters. The molecule has 3 rings (SSSR count). The van der Waals surface area contributed by atoms with E-state index >= 15 is 0 Å². The number of carboxylic acids is 1. The Hall–Kier alpha value is -2.53. The van der Waals surface area contributed by atoms with Gasteiger partial charge in [0.15, 0.2) is 17.6 Å². The van der Waals surface area contributed by atoms with Crippen LogP contribution in [0.1, 0.15) is 63.3 Å². The Balaban J connectivity index is 2.16. The molecule has 162 valence electrons. The van der Waals surface area contributed by atoms with Crippen LogP contribution in [0, 0.1) is 6.92 Å². The van der Waals surface area contributed by atoms with Gasteiger partial charge in [-0.05, 0) is 74.9 Å². The van der Waals surface area contributed by atoms with Crippen molar-refractivity contribution in [2.75, 3.05) is 13.2 Å². The van der Waals surface area contributed by atoms with Gasteiger partial charge in [-0.15, -0.1) is 0 Å². The molecule has 1 aliphatic heterocycles. The van der Waals surface area contributed by atoms with Gasteiger partial charge in [-0.2, -0.15) is 0 Å². The number of aryl methyl sites for hydroxylation is 2. The van der Waals surface area contributed by atoms with Gasteiger partial charge < -0.3 is 19.3 Å². The molecular formula is C25H32O5. The Morgan fingerprint density at radius 2 is 1.80 bits per heavy atom. The smallest absolute Gasteiger partial charge is 0.337 e. The first-order chi connectivity index (χ1) is 14.2. The number of ether oxygens (including phenoxy) is 3. The highest BCUT2D eigenvalue weighted by Gasteiger charge is 2.31. The number of rotatable bonds is 7. The number of unbranched alkanes of at least 4 members (excludes halogenated alkanes) is 1. The van der Waals surface area contributed by atoms with Crippen molar-refractivity contribution in [2.24, 2.45) is 0 Å². The molecule has 0 radical (unpaired) electrons. The summed E-state index contributed by atoms with van der Waals surface area (Å²) in [5.41, 5.74) is 4.24. The number of hydrogen-bond acceptors (Lipinski definition) is 4. The van der Waals surface area contributed by atoms with Gasteiger partial charge in [0.05, 0.1) is 5.60 Å². The lowest BCUT2D eigenvalue weighted by molar-refractivity contribution is -0.160. The maximum atomic E-state index is 12.2. The highest BCUT2D eigenvalue weighted by Crippen LogP contribution is 2.42. The lowest BCUT2D eigenvalue weighted by atomic mass is 9.91. The Morgan fingerprint density at radius 1 is 1.13 bits per heavy atom. The van der Waals surface area contributed by atoms with Gasteiger partial charge in [-0.25, -0.2) is 4.79 Å². The van der Waals surface area contributed by atoms with Gasteiger partial charge in [-0.1, -0.05) is 31.5 Å². The Morgan fingerprint density at radius 3 is 2.40 bits per heavy atom. The first-order valence-corrected chi connectivity index (χ1v) is 10.6. The number of carboxylic acid groups (broad SMARTS) is 1. The minimum Gasteiger partial charge on any atom is -0.486 e. The van der Waals surface area contributed by atoms with E-state index in [0.717, 1.165) is 30.4 Å². The molecule has 0 spiro atoms. The maximum absolute atomic E-state index is 12.2. The molecule has 0 saturated carbocycles. The molecule has 0 fully saturated rings. The predicted octanol–water partition coefficient (Wildman–Crippen LogP) is 5.72. The van der Waals surface area contributed by atoms with Gasteiger partial charge >= 0.3 is 5.97 Å². The van der Waals surface area contributed by atoms with Gasteiger partial charge in [0.1, 0.15) is 13.2 Å². The van der Waals surface area contributed by atoms with E-state index in [4.69, 9.17) is 14.2 Å². The fraction of sp³-hybridized carbons (Fsp3) is 0.480. The molecule has 30 heavy (non-hydrogen) atoms. The van der Waals surface area contributed by atoms with Crippen molar-refractivity contribution in [3.8, 4) is 22.6 Å². The van der Waals surface area contributed by atoms with E-state index in [1.807, 2.05) is 32.9 Å². The van der Waals surface area contributed by atoms with Crippen LogP contribution in [-0.2, 0) is 16.0 Å². The van der Waals surface area contributed by atoms with Crippen molar-refractivity contribution in [3.05, 3.63) is 47.0 Å². The van der Waals surface area contributed by atoms with Crippen molar-refractivity contribution in [3.63, 3.8) is 0 Å². The van der Waals surface area contributed by atoms with Crippen molar-refractivity contribution in [1.29, 1.82) is 0 Å². The first kappa shape index (κ1) is 22.2. The summed E-state index contributed by atoms with van der Waals surface area (Å²) in [6.07, 6.45) is 2.12. The molecule has 0 aliphatic carbocycles. The monoisotopic (exact) mass is 412 g/mol. The molecule has 0 aromatic heterocycles. The zero-order valence-corrected chi connectivity index (χ0v) is 18.6. The second kappa shape index (κ2) is 9.09. The Labute approximate surface area is 179 Å². The molecular weight excluding hydrogens is 380 g/mol. The minimum atomic E-state index is -1.11. The number of aliphatic carboxylic acids is 1. The molecule has 2 aromatic carbocycles. The predicted molar refractivity (Wildman–Crippen MR) is 117 cm³/mol. The van der Waals surface area contributed by atoms with Crippen LogP contribution in [0.5, 0.6) is 11.5 Å². The molecule has 1 unspecified atom stereocenters. The van der Waals surface area contributed by atoms with Crippen LogP contribution in [-0.4, -0.2) is 29.9 Å². The number of benzene rings is 2. The van der Waals surface area contributed by atoms with Crippen LogP contribution in [0.25, 0.3) is 11.1 Å². The van der Waals surface area contributed by atoms with Crippen LogP contribution in [0.15, 0.2) is 30.3 Å². The largest absolute Gasteiger partial charge is 0.486 e. The van der Waals surface area contributed by atoms with Crippen molar-refractivity contribution >= 4 is 5.97 Å². The standard InChI is InChI=1S/C25H32O5/c1-6-7-8-17-13-18(10-9-16(17)2)19-14-21-22(29-12-11-28-21)15-20(19)23(24(26)27)30-25(3,4)5/h9-10,13-15,23H,6-8,11-12H2,1-5H3,(H,26,27). The summed E-state index contributed by atoms with van der Waals surface area (Å²) < 4.78 is 17.5. The summed E-state index contributed by atoms with van der Waals surface area (Å²) in [5.74, 6) is 0.166. The molecule has 1 aliphatic rings. The molecule has 1 N–H and O–H groups in total. The topological polar surface area (TPSA) is 65.0 Å². The highest BCUT2D eigenvalue weighted by atomic mass is 16.6. The molecule has 0 amide bonds. The fourth-order valence-electron chi connectivity index (χ4n) is 3.65. The second-order valence-electron chi connectivity index (χ2n) is 8.78. The van der Waals surface area contributed by atoms with E-state index in [2.05, 4.69) is 26.0 Å². The zero-order valence-electron chi connectivity index (χ0n) is 18.6. The van der Waals surface area contributed by atoms with Crippen LogP contribution in [0.4, 0.5) is 0 Å². The number of fused-ring (bicyclic) bond motifs is 1. The van der Waals surface area contributed by atoms with Crippen LogP contribution in [0.3, 0.4) is 0 Å². The molecule has 0 saturated heterocycles. The SMILES string of the molecule is CCCCc1cc(-c2cc3c(cc2C(OC(C)(C)C)C(=O)O)OCCO3)ccc1C. The summed E-state index contributed by atoms with van der Waals surface area (Å²) in [4.78, 5) is 12.2. The Kier molecular flexibility index (Phi) is 6.71. The van der Waals surface area contributed by atoms with Crippen molar-refractivity contribution in [2.45, 2.75) is 65.6 Å². The lowest BCUT2D eigenvalue weighted by Crippen LogP contribution is -2.28. The summed E-state index contributed by atoms with van der Waals surface area (Å²) in [5, 5.41) is 9.98. The molecule has 2 aromatic rings. The average molecular weight is 413 g/mol. The molecule has 1 heterocycles. The van der Waals surface area contributed by atoms with Gasteiger partial charge in [0.2, 0.25) is 0 Å². The zero-order chi connectivity index (χ0) is 21.9. The Bertz CT molecular complexity index is 910. The third kappa shape index (κ3) is 5.14. The highest BCUT2D eigenvalue weighted by molar-refractivity contribution is 5.82. The van der Waals surface area contributed by atoms with E-state index in [0.29, 0.717) is 30.3 Å². The number of hydrogen-bond donors (Lipinski definition) is 1. The van der Waals surface area contributed by atoms with E-state index < -0.39 is 17.7 Å². The third-order valence-corrected chi connectivity index (χ3v) is 5.15. The molecule has 5 nitrogen and oxygen atoms in total. The van der Waals surface area contributed by atoms with Crippen LogP contribution >= 0.6 is 0 Å². The van der Waals surface area contributed by atoms with E-state index in [1.165, 1.54) is 11.1 Å². The maximum Gasteiger partial charge on any atom is 0.337 e. The van der Waals surface area contributed by atoms with Gasteiger partial charge in [-0.3, -0.25) is 0 Å². The van der Waals surface area contributed by atoms with Gasteiger partial charge in [0, 0.05) is 5.56 Å². The summed E-state index contributed by atoms with van der Waals surface area (Å²) in [6, 6.07) is 9.95. The van der Waals surface area contributed by atoms with Gasteiger partial charge in [0.25, 0.3) is 0 Å². The minimum absolute atomic E-state index is 0.440. The lowest BCUT2D eigenvalue weighted by Gasteiger charge is -2.28. The van der Waals surface area contributed by atoms with Crippen molar-refractivity contribution < 1.29 is 24.1 Å². The normalized spacial score (nSPS) is 14.4. The fourth-order valence-corrected chi connectivity index (χ4v) is 3.65. The molecule has 0 bridgehead atoms. The quantitative estimate of drug-likeness (QED) is 0.630. The average Bonchev–Trinajstić information content (AvgIpc) is 2.69. The number of carbonyl (C=O) groups is 1. The van der Waals surface area contributed by atoms with Crippen LogP contribution < -0.4 is 9.47 Å². The van der Waals surface area contributed by atoms with Crippen LogP contribution in [0.2, 0.25) is 0 Å². The summed E-state index contributed by atoms with van der Waals surface area (Å²) >= 11 is 0. The second-order valence-corrected chi connectivity index (χ2v) is 8.78. The van der Waals surface area contributed by atoms with E-state index in [9.17, 15) is 9.90 Å². The van der Waals surface area contributed by atoms with Crippen molar-refractivity contribution in [1.82, 2.24) is 0 Å². The third-order valence-electron chi connectivity index (χ3n) is 5.15. The summed E-state index contributed by atoms with van der Waals surface area (Å²) in [6.45, 7) is 10.8. The first-order valence-electron chi connectivity index (χ1n) is 10.6. The summed E-state index contributed by atoms with van der Waals surface area (Å²) in [7, 11) is 0.